The van der Waals surface area contributed by atoms with Crippen LogP contribution in [0.3, 0.4) is 0 Å². The van der Waals surface area contributed by atoms with Gasteiger partial charge in [-0.15, -0.1) is 0 Å². The van der Waals surface area contributed by atoms with Crippen molar-refractivity contribution < 1.29 is 14.3 Å². The second-order valence-electron chi connectivity index (χ2n) is 5.63. The second kappa shape index (κ2) is 7.49. The topological polar surface area (TPSA) is 42.0 Å². The molecule has 0 bridgehead atoms. The fourth-order valence-electron chi connectivity index (χ4n) is 2.84. The van der Waals surface area contributed by atoms with E-state index < -0.39 is 0 Å². The lowest BCUT2D eigenvalue weighted by molar-refractivity contribution is -0.132. The number of hydrogen-bond acceptors (Lipinski definition) is 4. The molecule has 122 valence electrons. The number of methoxy groups -OCH3 is 2. The number of ether oxygens (including phenoxy) is 2. The number of amides is 1. The van der Waals surface area contributed by atoms with E-state index in [0.29, 0.717) is 6.42 Å². The summed E-state index contributed by atoms with van der Waals surface area (Å²) in [6.07, 6.45) is 0.353. The lowest BCUT2D eigenvalue weighted by Crippen LogP contribution is -2.48. The van der Waals surface area contributed by atoms with Crippen LogP contribution >= 0.6 is 0 Å². The maximum atomic E-state index is 12.5. The molecule has 1 aromatic carbocycles. The van der Waals surface area contributed by atoms with Crippen LogP contribution in [0, 0.1) is 6.92 Å². The third-order valence-electron chi connectivity index (χ3n) is 4.31. The van der Waals surface area contributed by atoms with Gasteiger partial charge in [-0.2, -0.15) is 0 Å². The number of nitrogens with zero attached hydrogens (tertiary/aromatic N) is 2. The summed E-state index contributed by atoms with van der Waals surface area (Å²) in [4.78, 5) is 16.8. The average Bonchev–Trinajstić information content (AvgIpc) is 2.55. The quantitative estimate of drug-likeness (QED) is 0.831. The second-order valence-corrected chi connectivity index (χ2v) is 5.63. The van der Waals surface area contributed by atoms with Crippen LogP contribution in [0.15, 0.2) is 12.1 Å². The predicted octanol–water partition coefficient (Wildman–Crippen LogP) is 1.72. The Kier molecular flexibility index (Phi) is 5.66. The van der Waals surface area contributed by atoms with Crippen molar-refractivity contribution in [3.63, 3.8) is 0 Å². The number of piperazine rings is 1. The predicted molar refractivity (Wildman–Crippen MR) is 86.7 cm³/mol. The van der Waals surface area contributed by atoms with Crippen LogP contribution in [-0.2, 0) is 11.2 Å². The molecule has 1 amide bonds. The van der Waals surface area contributed by atoms with Crippen LogP contribution in [0.2, 0.25) is 0 Å². The van der Waals surface area contributed by atoms with Crippen molar-refractivity contribution in [2.45, 2.75) is 20.3 Å². The molecule has 22 heavy (non-hydrogen) atoms. The zero-order valence-corrected chi connectivity index (χ0v) is 14.0. The van der Waals surface area contributed by atoms with Crippen molar-refractivity contribution in [1.29, 1.82) is 0 Å². The Hall–Kier alpha value is -1.75. The number of benzene rings is 1. The minimum atomic E-state index is 0.153. The molecule has 0 radical (unpaired) electrons. The van der Waals surface area contributed by atoms with E-state index in [1.54, 1.807) is 14.2 Å². The summed E-state index contributed by atoms with van der Waals surface area (Å²) in [5, 5.41) is 0. The molecule has 1 aromatic rings. The molecule has 0 atom stereocenters. The fourth-order valence-corrected chi connectivity index (χ4v) is 2.84. The molecule has 0 saturated carbocycles. The van der Waals surface area contributed by atoms with E-state index in [4.69, 9.17) is 9.47 Å². The lowest BCUT2D eigenvalue weighted by atomic mass is 10.1. The molecule has 5 nitrogen and oxygen atoms in total. The minimum absolute atomic E-state index is 0.153. The number of hydrogen-bond donors (Lipinski definition) is 0. The number of likely N-dealkylation sites (N-methyl/N-ethyl adjacent to an activating group) is 1. The molecule has 2 rings (SSSR count). The van der Waals surface area contributed by atoms with Crippen molar-refractivity contribution >= 4 is 5.91 Å². The largest absolute Gasteiger partial charge is 0.496 e. The molecule has 0 aromatic heterocycles. The van der Waals surface area contributed by atoms with E-state index in [1.807, 2.05) is 24.0 Å². The summed E-state index contributed by atoms with van der Waals surface area (Å²) in [6.45, 7) is 8.69. The number of rotatable bonds is 5. The van der Waals surface area contributed by atoms with Crippen LogP contribution in [-0.4, -0.2) is 62.7 Å². The first-order chi connectivity index (χ1) is 10.6. The first-order valence-electron chi connectivity index (χ1n) is 7.80. The summed E-state index contributed by atoms with van der Waals surface area (Å²) >= 11 is 0. The monoisotopic (exact) mass is 306 g/mol. The first-order valence-corrected chi connectivity index (χ1v) is 7.80. The van der Waals surface area contributed by atoms with E-state index >= 15 is 0 Å². The first kappa shape index (κ1) is 16.6. The van der Waals surface area contributed by atoms with Gasteiger partial charge in [-0.05, 0) is 31.2 Å². The van der Waals surface area contributed by atoms with Gasteiger partial charge in [-0.25, -0.2) is 0 Å². The molecule has 0 aliphatic carbocycles. The van der Waals surface area contributed by atoms with Crippen molar-refractivity contribution in [2.75, 3.05) is 46.9 Å². The van der Waals surface area contributed by atoms with E-state index in [9.17, 15) is 4.79 Å². The van der Waals surface area contributed by atoms with Gasteiger partial charge in [0, 0.05) is 31.7 Å². The van der Waals surface area contributed by atoms with Crippen molar-refractivity contribution in [2.24, 2.45) is 0 Å². The molecule has 0 N–H and O–H groups in total. The third-order valence-corrected chi connectivity index (χ3v) is 4.31. The van der Waals surface area contributed by atoms with Crippen molar-refractivity contribution in [3.05, 3.63) is 23.3 Å². The highest BCUT2D eigenvalue weighted by Crippen LogP contribution is 2.29. The van der Waals surface area contributed by atoms with Gasteiger partial charge in [-0.3, -0.25) is 4.79 Å². The highest BCUT2D eigenvalue weighted by Gasteiger charge is 2.21. The van der Waals surface area contributed by atoms with Gasteiger partial charge < -0.3 is 19.3 Å². The molecule has 1 aliphatic rings. The Morgan fingerprint density at radius 3 is 2.27 bits per heavy atom. The highest BCUT2D eigenvalue weighted by molar-refractivity contribution is 5.80. The molecule has 1 saturated heterocycles. The third kappa shape index (κ3) is 3.71. The summed E-state index contributed by atoms with van der Waals surface area (Å²) in [6, 6.07) is 3.84. The van der Waals surface area contributed by atoms with Gasteiger partial charge in [0.25, 0.3) is 0 Å². The molecular weight excluding hydrogens is 280 g/mol. The Morgan fingerprint density at radius 1 is 1.09 bits per heavy atom. The van der Waals surface area contributed by atoms with Gasteiger partial charge in [0.05, 0.1) is 20.6 Å². The van der Waals surface area contributed by atoms with Crippen LogP contribution in [0.5, 0.6) is 11.5 Å². The summed E-state index contributed by atoms with van der Waals surface area (Å²) in [7, 11) is 3.28. The lowest BCUT2D eigenvalue weighted by Gasteiger charge is -2.34. The number of aryl methyl sites for hydroxylation is 1. The summed E-state index contributed by atoms with van der Waals surface area (Å²) < 4.78 is 10.8. The summed E-state index contributed by atoms with van der Waals surface area (Å²) in [5.41, 5.74) is 1.89. The van der Waals surface area contributed by atoms with Crippen LogP contribution < -0.4 is 9.47 Å². The molecule has 0 unspecified atom stereocenters. The minimum Gasteiger partial charge on any atom is -0.496 e. The van der Waals surface area contributed by atoms with E-state index in [1.165, 1.54) is 0 Å². The molecule has 1 heterocycles. The zero-order chi connectivity index (χ0) is 16.1. The van der Waals surface area contributed by atoms with E-state index in [2.05, 4.69) is 11.8 Å². The van der Waals surface area contributed by atoms with Gasteiger partial charge in [-0.1, -0.05) is 6.92 Å². The Labute approximate surface area is 132 Å². The van der Waals surface area contributed by atoms with Crippen LogP contribution in [0.25, 0.3) is 0 Å². The number of carbonyl (C=O) groups excluding carboxylic acids is 1. The smallest absolute Gasteiger partial charge is 0.227 e. The SMILES string of the molecule is CCN1CCN(C(=O)Cc2cc(OC)c(C)cc2OC)CC1. The average molecular weight is 306 g/mol. The molecule has 5 heteroatoms. The summed E-state index contributed by atoms with van der Waals surface area (Å²) in [5.74, 6) is 1.69. The Balaban J connectivity index is 2.08. The Morgan fingerprint density at radius 2 is 1.73 bits per heavy atom. The van der Waals surface area contributed by atoms with Gasteiger partial charge in [0.1, 0.15) is 11.5 Å². The highest BCUT2D eigenvalue weighted by atomic mass is 16.5. The molecule has 1 fully saturated rings. The van der Waals surface area contributed by atoms with Crippen LogP contribution in [0.4, 0.5) is 0 Å². The maximum absolute atomic E-state index is 12.5. The molecule has 1 aliphatic heterocycles. The fraction of sp³-hybridized carbons (Fsp3) is 0.588. The van der Waals surface area contributed by atoms with Gasteiger partial charge >= 0.3 is 0 Å². The molecule has 0 spiro atoms. The van der Waals surface area contributed by atoms with Gasteiger partial charge in [0.2, 0.25) is 5.91 Å². The Bertz CT molecular complexity index is 523. The standard InChI is InChI=1S/C17H26N2O3/c1-5-18-6-8-19(9-7-18)17(20)12-14-11-15(21-3)13(2)10-16(14)22-4/h10-11H,5-9,12H2,1-4H3. The van der Waals surface area contributed by atoms with Gasteiger partial charge in [0.15, 0.2) is 0 Å². The zero-order valence-electron chi connectivity index (χ0n) is 14.0. The maximum Gasteiger partial charge on any atom is 0.227 e. The van der Waals surface area contributed by atoms with Crippen LogP contribution in [0.1, 0.15) is 18.1 Å². The normalized spacial score (nSPS) is 15.7. The van der Waals surface area contributed by atoms with E-state index in [-0.39, 0.29) is 5.91 Å². The number of carbonyl (C=O) groups is 1. The van der Waals surface area contributed by atoms with Crippen molar-refractivity contribution in [1.82, 2.24) is 9.80 Å². The van der Waals surface area contributed by atoms with E-state index in [0.717, 1.165) is 55.3 Å². The van der Waals surface area contributed by atoms with Crippen molar-refractivity contribution in [3.8, 4) is 11.5 Å². The molecular formula is C17H26N2O3.